The topological polar surface area (TPSA) is 52.6 Å². The molecule has 0 aromatic carbocycles. The third-order valence-electron chi connectivity index (χ3n) is 2.28. The van der Waals surface area contributed by atoms with Crippen molar-refractivity contribution in [1.82, 2.24) is 10.2 Å². The molecule has 84 valence electrons. The van der Waals surface area contributed by atoms with E-state index in [1.807, 2.05) is 20.8 Å². The fourth-order valence-corrected chi connectivity index (χ4v) is 1.25. The molecule has 0 rings (SSSR count). The van der Waals surface area contributed by atoms with E-state index >= 15 is 0 Å². The molecule has 0 aromatic rings. The van der Waals surface area contributed by atoms with Gasteiger partial charge in [0, 0.05) is 25.7 Å². The molecule has 0 saturated heterocycles. The summed E-state index contributed by atoms with van der Waals surface area (Å²) in [6.07, 6.45) is 0.686. The Morgan fingerprint density at radius 1 is 1.43 bits per heavy atom. The molecule has 0 radical (unpaired) electrons. The minimum atomic E-state index is 0.125. The van der Waals surface area contributed by atoms with Crippen LogP contribution in [0.5, 0.6) is 0 Å². The molecule has 0 heterocycles. The van der Waals surface area contributed by atoms with Crippen LogP contribution in [0.25, 0.3) is 0 Å². The van der Waals surface area contributed by atoms with E-state index in [1.165, 1.54) is 0 Å². The molecule has 0 aliphatic rings. The highest BCUT2D eigenvalue weighted by atomic mass is 16.3. The summed E-state index contributed by atoms with van der Waals surface area (Å²) in [5.41, 5.74) is 0. The fourth-order valence-electron chi connectivity index (χ4n) is 1.25. The van der Waals surface area contributed by atoms with Gasteiger partial charge in [0.1, 0.15) is 0 Å². The lowest BCUT2D eigenvalue weighted by Crippen LogP contribution is -2.40. The normalized spacial score (nSPS) is 12.6. The maximum absolute atomic E-state index is 11.5. The Balaban J connectivity index is 3.71. The Kier molecular flexibility index (Phi) is 7.42. The Morgan fingerprint density at radius 3 is 2.43 bits per heavy atom. The second-order valence-corrected chi connectivity index (χ2v) is 3.36. The molecule has 1 amide bonds. The summed E-state index contributed by atoms with van der Waals surface area (Å²) in [5, 5.41) is 11.7. The van der Waals surface area contributed by atoms with Gasteiger partial charge in [-0.2, -0.15) is 0 Å². The van der Waals surface area contributed by atoms with Crippen molar-refractivity contribution in [3.8, 4) is 0 Å². The van der Waals surface area contributed by atoms with Crippen molar-refractivity contribution in [1.29, 1.82) is 0 Å². The number of nitrogens with one attached hydrogen (secondary N) is 1. The van der Waals surface area contributed by atoms with Crippen LogP contribution in [0.3, 0.4) is 0 Å². The average molecular weight is 202 g/mol. The van der Waals surface area contributed by atoms with Crippen LogP contribution >= 0.6 is 0 Å². The standard InChI is InChI=1S/C10H22N2O2/c1-4-12(5-2)10(14)8-11-9(3)6-7-13/h9,11,13H,4-8H2,1-3H3. The number of likely N-dealkylation sites (N-methyl/N-ethyl adjacent to an activating group) is 1. The summed E-state index contributed by atoms with van der Waals surface area (Å²) in [4.78, 5) is 13.3. The van der Waals surface area contributed by atoms with Crippen LogP contribution in [0, 0.1) is 0 Å². The van der Waals surface area contributed by atoms with Crippen molar-refractivity contribution in [2.45, 2.75) is 33.2 Å². The summed E-state index contributed by atoms with van der Waals surface area (Å²) < 4.78 is 0. The number of carbonyl (C=O) groups is 1. The van der Waals surface area contributed by atoms with Crippen molar-refractivity contribution in [2.24, 2.45) is 0 Å². The van der Waals surface area contributed by atoms with Gasteiger partial charge in [0.05, 0.1) is 6.54 Å². The van der Waals surface area contributed by atoms with Gasteiger partial charge in [0.15, 0.2) is 0 Å². The number of carbonyl (C=O) groups excluding carboxylic acids is 1. The quantitative estimate of drug-likeness (QED) is 0.621. The van der Waals surface area contributed by atoms with Crippen molar-refractivity contribution >= 4 is 5.91 Å². The predicted molar refractivity (Wildman–Crippen MR) is 57.1 cm³/mol. The third kappa shape index (κ3) is 5.19. The third-order valence-corrected chi connectivity index (χ3v) is 2.28. The minimum absolute atomic E-state index is 0.125. The number of amides is 1. The van der Waals surface area contributed by atoms with Crippen molar-refractivity contribution < 1.29 is 9.90 Å². The zero-order valence-electron chi connectivity index (χ0n) is 9.42. The monoisotopic (exact) mass is 202 g/mol. The summed E-state index contributed by atoms with van der Waals surface area (Å²) >= 11 is 0. The maximum atomic E-state index is 11.5. The smallest absolute Gasteiger partial charge is 0.236 e. The molecular formula is C10H22N2O2. The first kappa shape index (κ1) is 13.4. The van der Waals surface area contributed by atoms with Gasteiger partial charge in [0.25, 0.3) is 0 Å². The number of aliphatic hydroxyl groups is 1. The van der Waals surface area contributed by atoms with Gasteiger partial charge in [-0.3, -0.25) is 4.79 Å². The summed E-state index contributed by atoms with van der Waals surface area (Å²) in [6.45, 7) is 7.94. The number of rotatable bonds is 7. The second kappa shape index (κ2) is 7.76. The first-order valence-corrected chi connectivity index (χ1v) is 5.27. The van der Waals surface area contributed by atoms with Gasteiger partial charge in [-0.15, -0.1) is 0 Å². The summed E-state index contributed by atoms with van der Waals surface area (Å²) in [7, 11) is 0. The molecule has 1 unspecified atom stereocenters. The van der Waals surface area contributed by atoms with E-state index in [1.54, 1.807) is 4.90 Å². The molecule has 0 spiro atoms. The number of hydrogen-bond acceptors (Lipinski definition) is 3. The Bertz CT molecular complexity index is 158. The molecule has 0 aromatic heterocycles. The van der Waals surface area contributed by atoms with Crippen molar-refractivity contribution in [3.05, 3.63) is 0 Å². The number of hydrogen-bond donors (Lipinski definition) is 2. The van der Waals surface area contributed by atoms with Crippen LogP contribution in [0.1, 0.15) is 27.2 Å². The highest BCUT2D eigenvalue weighted by Crippen LogP contribution is 1.91. The van der Waals surface area contributed by atoms with Crippen molar-refractivity contribution in [3.63, 3.8) is 0 Å². The van der Waals surface area contributed by atoms with Gasteiger partial charge in [-0.1, -0.05) is 0 Å². The molecule has 2 N–H and O–H groups in total. The highest BCUT2D eigenvalue weighted by molar-refractivity contribution is 5.78. The van der Waals surface area contributed by atoms with Crippen LogP contribution in [-0.2, 0) is 4.79 Å². The zero-order valence-corrected chi connectivity index (χ0v) is 9.42. The van der Waals surface area contributed by atoms with Crippen LogP contribution in [0.4, 0.5) is 0 Å². The Morgan fingerprint density at radius 2 is 2.00 bits per heavy atom. The minimum Gasteiger partial charge on any atom is -0.396 e. The molecule has 0 aliphatic heterocycles. The first-order chi connectivity index (χ1) is 6.65. The molecule has 4 nitrogen and oxygen atoms in total. The van der Waals surface area contributed by atoms with Crippen LogP contribution in [0.15, 0.2) is 0 Å². The van der Waals surface area contributed by atoms with Crippen molar-refractivity contribution in [2.75, 3.05) is 26.2 Å². The average Bonchev–Trinajstić information content (AvgIpc) is 2.17. The fraction of sp³-hybridized carbons (Fsp3) is 0.900. The lowest BCUT2D eigenvalue weighted by Gasteiger charge is -2.20. The van der Waals surface area contributed by atoms with Crippen LogP contribution < -0.4 is 5.32 Å². The van der Waals surface area contributed by atoms with Gasteiger partial charge >= 0.3 is 0 Å². The molecule has 0 bridgehead atoms. The second-order valence-electron chi connectivity index (χ2n) is 3.36. The maximum Gasteiger partial charge on any atom is 0.236 e. The van der Waals surface area contributed by atoms with E-state index in [2.05, 4.69) is 5.32 Å². The molecule has 14 heavy (non-hydrogen) atoms. The largest absolute Gasteiger partial charge is 0.396 e. The van der Waals surface area contributed by atoms with Crippen LogP contribution in [-0.4, -0.2) is 48.2 Å². The van der Waals surface area contributed by atoms with E-state index in [0.29, 0.717) is 13.0 Å². The SMILES string of the molecule is CCN(CC)C(=O)CNC(C)CCO. The highest BCUT2D eigenvalue weighted by Gasteiger charge is 2.10. The van der Waals surface area contributed by atoms with Gasteiger partial charge in [-0.05, 0) is 27.2 Å². The van der Waals surface area contributed by atoms with E-state index in [9.17, 15) is 4.79 Å². The summed E-state index contributed by atoms with van der Waals surface area (Å²) in [5.74, 6) is 0.125. The van der Waals surface area contributed by atoms with E-state index in [4.69, 9.17) is 5.11 Å². The van der Waals surface area contributed by atoms with E-state index < -0.39 is 0 Å². The van der Waals surface area contributed by atoms with E-state index in [-0.39, 0.29) is 18.6 Å². The molecule has 0 aliphatic carbocycles. The van der Waals surface area contributed by atoms with E-state index in [0.717, 1.165) is 13.1 Å². The molecular weight excluding hydrogens is 180 g/mol. The molecule has 0 fully saturated rings. The number of nitrogens with zero attached hydrogens (tertiary/aromatic N) is 1. The molecule has 1 atom stereocenters. The Labute approximate surface area is 86.3 Å². The molecule has 0 saturated carbocycles. The Hall–Kier alpha value is -0.610. The number of aliphatic hydroxyl groups excluding tert-OH is 1. The lowest BCUT2D eigenvalue weighted by molar-refractivity contribution is -0.130. The van der Waals surface area contributed by atoms with Gasteiger partial charge in [0.2, 0.25) is 5.91 Å². The lowest BCUT2D eigenvalue weighted by atomic mass is 10.2. The first-order valence-electron chi connectivity index (χ1n) is 5.27. The van der Waals surface area contributed by atoms with Crippen LogP contribution in [0.2, 0.25) is 0 Å². The molecule has 4 heteroatoms. The van der Waals surface area contributed by atoms with Gasteiger partial charge in [-0.25, -0.2) is 0 Å². The van der Waals surface area contributed by atoms with Gasteiger partial charge < -0.3 is 15.3 Å². The summed E-state index contributed by atoms with van der Waals surface area (Å²) in [6, 6.07) is 0.194. The zero-order chi connectivity index (χ0) is 11.0. The predicted octanol–water partition coefficient (Wildman–Crippen LogP) is 0.215.